The molecule has 8 heteroatoms. The monoisotopic (exact) mass is 388 g/mol. The number of nitriles is 1. The van der Waals surface area contributed by atoms with Crippen molar-refractivity contribution in [1.82, 2.24) is 10.6 Å². The number of alkyl halides is 2. The second kappa shape index (κ2) is 10.7. The summed E-state index contributed by atoms with van der Waals surface area (Å²) in [5, 5.41) is 15.1. The van der Waals surface area contributed by atoms with Crippen LogP contribution in [0, 0.1) is 11.3 Å². The minimum absolute atomic E-state index is 0.00373. The Bertz CT molecular complexity index is 850. The molecule has 0 heterocycles. The average Bonchev–Trinajstić information content (AvgIpc) is 2.70. The van der Waals surface area contributed by atoms with Crippen molar-refractivity contribution in [3.05, 3.63) is 59.2 Å². The lowest BCUT2D eigenvalue weighted by Gasteiger charge is -2.17. The number of nitrogens with zero attached hydrogens (tertiary/aromatic N) is 2. The molecule has 0 unspecified atom stereocenters. The van der Waals surface area contributed by atoms with Crippen LogP contribution in [-0.2, 0) is 13.1 Å². The van der Waals surface area contributed by atoms with E-state index in [0.717, 1.165) is 5.56 Å². The average molecular weight is 388 g/mol. The van der Waals surface area contributed by atoms with Gasteiger partial charge >= 0.3 is 6.61 Å². The van der Waals surface area contributed by atoms with E-state index in [4.69, 9.17) is 10.00 Å². The van der Waals surface area contributed by atoms with E-state index in [0.29, 0.717) is 30.2 Å². The number of nitrogens with one attached hydrogen (secondary N) is 2. The highest BCUT2D eigenvalue weighted by Gasteiger charge is 2.16. The highest BCUT2D eigenvalue weighted by Crippen LogP contribution is 2.32. The van der Waals surface area contributed by atoms with Gasteiger partial charge in [-0.1, -0.05) is 24.3 Å². The van der Waals surface area contributed by atoms with E-state index in [9.17, 15) is 8.78 Å². The maximum absolute atomic E-state index is 12.8. The summed E-state index contributed by atoms with van der Waals surface area (Å²) in [6, 6.07) is 14.3. The van der Waals surface area contributed by atoms with Crippen molar-refractivity contribution in [2.75, 3.05) is 13.7 Å². The van der Waals surface area contributed by atoms with Crippen molar-refractivity contribution in [2.24, 2.45) is 4.99 Å². The molecule has 2 aromatic carbocycles. The van der Waals surface area contributed by atoms with Crippen LogP contribution in [0.2, 0.25) is 0 Å². The molecule has 0 aromatic heterocycles. The van der Waals surface area contributed by atoms with Gasteiger partial charge < -0.3 is 20.1 Å². The van der Waals surface area contributed by atoms with Crippen LogP contribution in [0.15, 0.2) is 47.5 Å². The Morgan fingerprint density at radius 3 is 2.61 bits per heavy atom. The van der Waals surface area contributed by atoms with Crippen molar-refractivity contribution >= 4 is 5.96 Å². The smallest absolute Gasteiger partial charge is 0.387 e. The standard InChI is InChI=1S/C20H22F2N4O2/c1-3-27-17-9-5-8-16(18(17)28-19(21)22)13-26-20(24-2)25-12-15-7-4-6-14(10-15)11-23/h4-10,19H,3,12-13H2,1-2H3,(H2,24,25,26). The van der Waals surface area contributed by atoms with Gasteiger partial charge in [0, 0.05) is 25.7 Å². The number of halogens is 2. The molecule has 2 N–H and O–H groups in total. The number of rotatable bonds is 8. The number of benzene rings is 2. The summed E-state index contributed by atoms with van der Waals surface area (Å²) in [6.45, 7) is -0.189. The Kier molecular flexibility index (Phi) is 8.03. The fourth-order valence-corrected chi connectivity index (χ4v) is 2.53. The zero-order valence-electron chi connectivity index (χ0n) is 15.7. The van der Waals surface area contributed by atoms with Crippen LogP contribution >= 0.6 is 0 Å². The number of para-hydroxylation sites is 1. The molecule has 0 radical (unpaired) electrons. The molecule has 0 aliphatic heterocycles. The fourth-order valence-electron chi connectivity index (χ4n) is 2.53. The minimum Gasteiger partial charge on any atom is -0.490 e. The Hall–Kier alpha value is -3.34. The lowest BCUT2D eigenvalue weighted by Crippen LogP contribution is -2.36. The molecule has 0 bridgehead atoms. The first-order chi connectivity index (χ1) is 13.6. The molecule has 28 heavy (non-hydrogen) atoms. The lowest BCUT2D eigenvalue weighted by molar-refractivity contribution is -0.0520. The van der Waals surface area contributed by atoms with Gasteiger partial charge in [-0.05, 0) is 30.7 Å². The van der Waals surface area contributed by atoms with Gasteiger partial charge in [0.1, 0.15) is 0 Å². The predicted molar refractivity (Wildman–Crippen MR) is 102 cm³/mol. The molecule has 0 aliphatic carbocycles. The Morgan fingerprint density at radius 1 is 1.18 bits per heavy atom. The molecule has 0 aliphatic rings. The van der Waals surface area contributed by atoms with E-state index in [-0.39, 0.29) is 18.0 Å². The molecule has 148 valence electrons. The molecule has 2 aromatic rings. The number of guanidine groups is 1. The lowest BCUT2D eigenvalue weighted by atomic mass is 10.1. The van der Waals surface area contributed by atoms with E-state index < -0.39 is 6.61 Å². The van der Waals surface area contributed by atoms with Crippen LogP contribution in [0.3, 0.4) is 0 Å². The summed E-state index contributed by atoms with van der Waals surface area (Å²) in [5.74, 6) is 0.745. The summed E-state index contributed by atoms with van der Waals surface area (Å²) in [4.78, 5) is 4.12. The zero-order chi connectivity index (χ0) is 20.4. The Morgan fingerprint density at radius 2 is 1.93 bits per heavy atom. The van der Waals surface area contributed by atoms with Gasteiger partial charge in [0.2, 0.25) is 0 Å². The van der Waals surface area contributed by atoms with Gasteiger partial charge in [0.25, 0.3) is 0 Å². The highest BCUT2D eigenvalue weighted by molar-refractivity contribution is 5.79. The molecule has 6 nitrogen and oxygen atoms in total. The van der Waals surface area contributed by atoms with E-state index in [2.05, 4.69) is 26.4 Å². The third-order valence-electron chi connectivity index (χ3n) is 3.75. The summed E-state index contributed by atoms with van der Waals surface area (Å²) >= 11 is 0. The number of aliphatic imine (C=N–C) groups is 1. The van der Waals surface area contributed by atoms with E-state index in [1.165, 1.54) is 0 Å². The first-order valence-corrected chi connectivity index (χ1v) is 8.70. The first-order valence-electron chi connectivity index (χ1n) is 8.70. The second-order valence-electron chi connectivity index (χ2n) is 5.65. The van der Waals surface area contributed by atoms with Gasteiger partial charge in [-0.2, -0.15) is 14.0 Å². The van der Waals surface area contributed by atoms with E-state index in [1.807, 2.05) is 6.07 Å². The number of hydrogen-bond acceptors (Lipinski definition) is 4. The van der Waals surface area contributed by atoms with Gasteiger partial charge in [-0.15, -0.1) is 0 Å². The van der Waals surface area contributed by atoms with Gasteiger partial charge in [-0.3, -0.25) is 4.99 Å². The normalized spacial score (nSPS) is 11.1. The van der Waals surface area contributed by atoms with E-state index >= 15 is 0 Å². The maximum atomic E-state index is 12.8. The van der Waals surface area contributed by atoms with E-state index in [1.54, 1.807) is 50.4 Å². The van der Waals surface area contributed by atoms with Crippen molar-refractivity contribution in [3.63, 3.8) is 0 Å². The van der Waals surface area contributed by atoms with Crippen LogP contribution < -0.4 is 20.1 Å². The van der Waals surface area contributed by atoms with Gasteiger partial charge in [0.05, 0.1) is 18.2 Å². The number of ether oxygens (including phenoxy) is 2. The summed E-state index contributed by atoms with van der Waals surface area (Å²) in [5.41, 5.74) is 2.01. The molecular weight excluding hydrogens is 366 g/mol. The molecule has 0 saturated heterocycles. The Balaban J connectivity index is 2.04. The van der Waals surface area contributed by atoms with Crippen molar-refractivity contribution in [1.29, 1.82) is 5.26 Å². The van der Waals surface area contributed by atoms with Crippen LogP contribution in [0.4, 0.5) is 8.78 Å². The fraction of sp³-hybridized carbons (Fsp3) is 0.300. The molecular formula is C20H22F2N4O2. The van der Waals surface area contributed by atoms with Gasteiger partial charge in [-0.25, -0.2) is 0 Å². The molecule has 0 amide bonds. The van der Waals surface area contributed by atoms with Crippen molar-refractivity contribution in [3.8, 4) is 17.6 Å². The van der Waals surface area contributed by atoms with Crippen LogP contribution in [0.5, 0.6) is 11.5 Å². The topological polar surface area (TPSA) is 78.7 Å². The maximum Gasteiger partial charge on any atom is 0.387 e. The molecule has 0 atom stereocenters. The third kappa shape index (κ3) is 6.13. The van der Waals surface area contributed by atoms with Gasteiger partial charge in [0.15, 0.2) is 17.5 Å². The van der Waals surface area contributed by atoms with Crippen molar-refractivity contribution in [2.45, 2.75) is 26.6 Å². The highest BCUT2D eigenvalue weighted by atomic mass is 19.3. The predicted octanol–water partition coefficient (Wildman–Crippen LogP) is 3.42. The van der Waals surface area contributed by atoms with Crippen LogP contribution in [0.1, 0.15) is 23.6 Å². The summed E-state index contributed by atoms with van der Waals surface area (Å²) in [7, 11) is 1.61. The molecule has 0 spiro atoms. The third-order valence-corrected chi connectivity index (χ3v) is 3.75. The van der Waals surface area contributed by atoms with Crippen LogP contribution in [0.25, 0.3) is 0 Å². The summed E-state index contributed by atoms with van der Waals surface area (Å²) < 4.78 is 35.6. The largest absolute Gasteiger partial charge is 0.490 e. The molecule has 0 saturated carbocycles. The van der Waals surface area contributed by atoms with Crippen molar-refractivity contribution < 1.29 is 18.3 Å². The second-order valence-corrected chi connectivity index (χ2v) is 5.65. The molecule has 0 fully saturated rings. The summed E-state index contributed by atoms with van der Waals surface area (Å²) in [6.07, 6.45) is 0. The number of hydrogen-bond donors (Lipinski definition) is 2. The first kappa shape index (κ1) is 21.0. The Labute approximate surface area is 162 Å². The molecule has 2 rings (SSSR count). The quantitative estimate of drug-likeness (QED) is 0.535. The van der Waals surface area contributed by atoms with Crippen LogP contribution in [-0.4, -0.2) is 26.2 Å². The SMILES string of the molecule is CCOc1cccc(CNC(=NC)NCc2cccc(C#N)c2)c1OC(F)F. The zero-order valence-corrected chi connectivity index (χ0v) is 15.7. The minimum atomic E-state index is -2.95.